The molecule has 2 rings (SSSR count). The third-order valence-electron chi connectivity index (χ3n) is 6.27. The predicted octanol–water partition coefficient (Wildman–Crippen LogP) is 4.17. The van der Waals surface area contributed by atoms with Crippen LogP contribution < -0.4 is 10.6 Å². The maximum atomic E-state index is 13.9. The summed E-state index contributed by atoms with van der Waals surface area (Å²) in [6, 6.07) is 12.6. The molecule has 202 valence electrons. The Balaban J connectivity index is 2.49. The lowest BCUT2D eigenvalue weighted by atomic mass is 9.93. The third-order valence-corrected chi connectivity index (χ3v) is 6.27. The van der Waals surface area contributed by atoms with Crippen LogP contribution in [0.15, 0.2) is 48.5 Å². The van der Waals surface area contributed by atoms with Gasteiger partial charge in [0.15, 0.2) is 0 Å². The SMILES string of the molecule is CCC(C)N(C(=O)C(CO)NC(=O)OC(C)(C)C)C(C(=O)NCc1ccccc1)c1cccc(C)c1C. The number of amides is 3. The monoisotopic (exact) mass is 511 g/mol. The van der Waals surface area contributed by atoms with Crippen molar-refractivity contribution in [3.8, 4) is 0 Å². The van der Waals surface area contributed by atoms with E-state index in [1.165, 1.54) is 4.90 Å². The first-order chi connectivity index (χ1) is 17.4. The molecule has 2 aromatic carbocycles. The molecule has 0 heterocycles. The van der Waals surface area contributed by atoms with Crippen molar-refractivity contribution in [2.75, 3.05) is 6.61 Å². The van der Waals surface area contributed by atoms with Gasteiger partial charge >= 0.3 is 6.09 Å². The number of rotatable bonds is 10. The van der Waals surface area contributed by atoms with Crippen LogP contribution in [0.1, 0.15) is 69.3 Å². The standard InChI is InChI=1S/C29H41N3O5/c1-8-20(3)32(27(35)24(18-33)31-28(36)37-29(5,6)7)25(23-16-12-13-19(2)21(23)4)26(34)30-17-22-14-10-9-11-15-22/h9-16,20,24-25,33H,8,17-18H2,1-7H3,(H,30,34)(H,31,36). The maximum Gasteiger partial charge on any atom is 0.408 e. The molecular formula is C29H41N3O5. The van der Waals surface area contributed by atoms with E-state index >= 15 is 0 Å². The van der Waals surface area contributed by atoms with Crippen molar-refractivity contribution >= 4 is 17.9 Å². The average molecular weight is 512 g/mol. The summed E-state index contributed by atoms with van der Waals surface area (Å²) in [5, 5.41) is 15.5. The average Bonchev–Trinajstić information content (AvgIpc) is 2.85. The second-order valence-corrected chi connectivity index (χ2v) is 10.3. The van der Waals surface area contributed by atoms with Gasteiger partial charge in [-0.1, -0.05) is 55.5 Å². The summed E-state index contributed by atoms with van der Waals surface area (Å²) in [5.74, 6) is -0.913. The van der Waals surface area contributed by atoms with Crippen LogP contribution in [-0.4, -0.2) is 52.2 Å². The van der Waals surface area contributed by atoms with Crippen molar-refractivity contribution in [1.82, 2.24) is 15.5 Å². The van der Waals surface area contributed by atoms with E-state index in [9.17, 15) is 19.5 Å². The number of benzene rings is 2. The summed E-state index contributed by atoms with van der Waals surface area (Å²) in [4.78, 5) is 41.6. The zero-order chi connectivity index (χ0) is 27.8. The van der Waals surface area contributed by atoms with Gasteiger partial charge < -0.3 is 25.4 Å². The quantitative estimate of drug-likeness (QED) is 0.444. The van der Waals surface area contributed by atoms with Crippen molar-refractivity contribution < 1.29 is 24.2 Å². The number of alkyl carbamates (subject to hydrolysis) is 1. The van der Waals surface area contributed by atoms with Crippen molar-refractivity contribution in [2.24, 2.45) is 0 Å². The normalized spacial score (nSPS) is 13.7. The number of hydrogen-bond donors (Lipinski definition) is 3. The maximum absolute atomic E-state index is 13.9. The summed E-state index contributed by atoms with van der Waals surface area (Å²) >= 11 is 0. The highest BCUT2D eigenvalue weighted by atomic mass is 16.6. The molecule has 2 aromatic rings. The molecule has 0 aliphatic rings. The molecule has 3 unspecified atom stereocenters. The van der Waals surface area contributed by atoms with Gasteiger partial charge in [0.2, 0.25) is 11.8 Å². The van der Waals surface area contributed by atoms with Crippen LogP contribution in [0.25, 0.3) is 0 Å². The van der Waals surface area contributed by atoms with E-state index in [1.54, 1.807) is 20.8 Å². The zero-order valence-electron chi connectivity index (χ0n) is 23.0. The first-order valence-corrected chi connectivity index (χ1v) is 12.7. The molecule has 0 bridgehead atoms. The van der Waals surface area contributed by atoms with Crippen molar-refractivity contribution in [3.05, 3.63) is 70.8 Å². The molecule has 0 saturated heterocycles. The predicted molar refractivity (Wildman–Crippen MR) is 144 cm³/mol. The minimum atomic E-state index is -1.28. The lowest BCUT2D eigenvalue weighted by molar-refractivity contribution is -0.146. The second-order valence-electron chi connectivity index (χ2n) is 10.3. The highest BCUT2D eigenvalue weighted by Crippen LogP contribution is 2.30. The molecule has 0 aliphatic heterocycles. The smallest absolute Gasteiger partial charge is 0.408 e. The minimum Gasteiger partial charge on any atom is -0.444 e. The summed E-state index contributed by atoms with van der Waals surface area (Å²) in [7, 11) is 0. The van der Waals surface area contributed by atoms with Crippen LogP contribution in [0.2, 0.25) is 0 Å². The molecule has 0 spiro atoms. The number of nitrogens with zero attached hydrogens (tertiary/aromatic N) is 1. The fourth-order valence-electron chi connectivity index (χ4n) is 3.98. The Bertz CT molecular complexity index is 1060. The second kappa shape index (κ2) is 13.2. The first-order valence-electron chi connectivity index (χ1n) is 12.7. The van der Waals surface area contributed by atoms with E-state index in [2.05, 4.69) is 10.6 Å². The summed E-state index contributed by atoms with van der Waals surface area (Å²) in [6.07, 6.45) is -0.260. The van der Waals surface area contributed by atoms with Crippen LogP contribution in [0, 0.1) is 13.8 Å². The lowest BCUT2D eigenvalue weighted by Crippen LogP contribution is -2.56. The van der Waals surface area contributed by atoms with E-state index in [1.807, 2.05) is 76.2 Å². The van der Waals surface area contributed by atoms with Gasteiger partial charge in [-0.2, -0.15) is 0 Å². The number of aryl methyl sites for hydroxylation is 1. The molecular weight excluding hydrogens is 470 g/mol. The van der Waals surface area contributed by atoms with Crippen molar-refractivity contribution in [2.45, 2.75) is 85.2 Å². The van der Waals surface area contributed by atoms with Crippen LogP contribution >= 0.6 is 0 Å². The van der Waals surface area contributed by atoms with E-state index in [-0.39, 0.29) is 11.9 Å². The Labute approximate surface area is 220 Å². The topological polar surface area (TPSA) is 108 Å². The van der Waals surface area contributed by atoms with E-state index in [4.69, 9.17) is 4.74 Å². The number of carbonyl (C=O) groups is 3. The highest BCUT2D eigenvalue weighted by molar-refractivity contribution is 5.92. The van der Waals surface area contributed by atoms with Gasteiger partial charge in [0.25, 0.3) is 0 Å². The molecule has 37 heavy (non-hydrogen) atoms. The van der Waals surface area contributed by atoms with Crippen molar-refractivity contribution in [3.63, 3.8) is 0 Å². The van der Waals surface area contributed by atoms with Gasteiger partial charge in [0.1, 0.15) is 17.7 Å². The van der Waals surface area contributed by atoms with Crippen molar-refractivity contribution in [1.29, 1.82) is 0 Å². The van der Waals surface area contributed by atoms with E-state index in [0.29, 0.717) is 18.5 Å². The first kappa shape index (κ1) is 29.8. The van der Waals surface area contributed by atoms with Gasteiger partial charge in [-0.25, -0.2) is 4.79 Å². The van der Waals surface area contributed by atoms with Gasteiger partial charge in [0, 0.05) is 12.6 Å². The molecule has 0 aliphatic carbocycles. The highest BCUT2D eigenvalue weighted by Gasteiger charge is 2.39. The Morgan fingerprint density at radius 1 is 1.03 bits per heavy atom. The van der Waals surface area contributed by atoms with E-state index in [0.717, 1.165) is 16.7 Å². The molecule has 0 aromatic heterocycles. The number of aliphatic hydroxyl groups excluding tert-OH is 1. The molecule has 3 atom stereocenters. The number of aliphatic hydroxyl groups is 1. The number of ether oxygens (including phenoxy) is 1. The van der Waals surface area contributed by atoms with Gasteiger partial charge in [0.05, 0.1) is 6.61 Å². The Morgan fingerprint density at radius 2 is 1.68 bits per heavy atom. The molecule has 3 N–H and O–H groups in total. The van der Waals surface area contributed by atoms with Gasteiger partial charge in [-0.3, -0.25) is 9.59 Å². The number of nitrogens with one attached hydrogen (secondary N) is 2. The number of hydrogen-bond acceptors (Lipinski definition) is 5. The molecule has 0 radical (unpaired) electrons. The van der Waals surface area contributed by atoms with Crippen LogP contribution in [-0.2, 0) is 20.9 Å². The van der Waals surface area contributed by atoms with Crippen LogP contribution in [0.3, 0.4) is 0 Å². The van der Waals surface area contributed by atoms with Crippen LogP contribution in [0.5, 0.6) is 0 Å². The number of carbonyl (C=O) groups excluding carboxylic acids is 3. The minimum absolute atomic E-state index is 0.295. The summed E-state index contributed by atoms with van der Waals surface area (Å²) < 4.78 is 5.29. The molecule has 0 saturated carbocycles. The summed E-state index contributed by atoms with van der Waals surface area (Å²) in [5.41, 5.74) is 2.72. The Morgan fingerprint density at radius 3 is 2.24 bits per heavy atom. The van der Waals surface area contributed by atoms with Crippen LogP contribution in [0.4, 0.5) is 4.79 Å². The molecule has 8 heteroatoms. The molecule has 0 fully saturated rings. The fourth-order valence-corrected chi connectivity index (χ4v) is 3.98. The molecule has 8 nitrogen and oxygen atoms in total. The van der Waals surface area contributed by atoms with E-state index < -0.39 is 36.3 Å². The summed E-state index contributed by atoms with van der Waals surface area (Å²) in [6.45, 7) is 12.4. The lowest BCUT2D eigenvalue weighted by Gasteiger charge is -2.38. The zero-order valence-corrected chi connectivity index (χ0v) is 23.0. The largest absolute Gasteiger partial charge is 0.444 e. The Kier molecular flexibility index (Phi) is 10.7. The Hall–Kier alpha value is -3.39. The van der Waals surface area contributed by atoms with Gasteiger partial charge in [-0.05, 0) is 70.2 Å². The third kappa shape index (κ3) is 8.32. The fraction of sp³-hybridized carbons (Fsp3) is 0.483. The molecule has 3 amide bonds. The van der Waals surface area contributed by atoms with Gasteiger partial charge in [-0.15, -0.1) is 0 Å².